The summed E-state index contributed by atoms with van der Waals surface area (Å²) in [4.78, 5) is 34.4. The van der Waals surface area contributed by atoms with Crippen LogP contribution in [0.5, 0.6) is 11.5 Å². The summed E-state index contributed by atoms with van der Waals surface area (Å²) < 4.78 is 10.5. The second-order valence-corrected chi connectivity index (χ2v) is 6.26. The lowest BCUT2D eigenvalue weighted by Gasteiger charge is -2.21. The highest BCUT2D eigenvalue weighted by atomic mass is 16.5. The van der Waals surface area contributed by atoms with Gasteiger partial charge in [0.05, 0.1) is 0 Å². The minimum atomic E-state index is -0.529. The summed E-state index contributed by atoms with van der Waals surface area (Å²) in [6.07, 6.45) is 0.876. The van der Waals surface area contributed by atoms with Gasteiger partial charge in [0.15, 0.2) is 11.5 Å². The zero-order valence-electron chi connectivity index (χ0n) is 15.1. The number of ether oxygens (including phenoxy) is 2. The molecule has 6 nitrogen and oxygen atoms in total. The molecule has 0 aliphatic heterocycles. The van der Waals surface area contributed by atoms with Crippen LogP contribution in [0, 0.1) is 5.92 Å². The number of amides is 1. The van der Waals surface area contributed by atoms with Gasteiger partial charge >= 0.3 is 11.9 Å². The Balaban J connectivity index is 3.50. The van der Waals surface area contributed by atoms with E-state index in [9.17, 15) is 14.4 Å². The molecular weight excluding hydrogens is 310 g/mol. The molecule has 1 unspecified atom stereocenters. The first-order valence-electron chi connectivity index (χ1n) is 7.93. The van der Waals surface area contributed by atoms with E-state index in [2.05, 4.69) is 19.2 Å². The van der Waals surface area contributed by atoms with Crippen molar-refractivity contribution >= 4 is 23.5 Å². The van der Waals surface area contributed by atoms with Crippen LogP contribution in [0.15, 0.2) is 12.1 Å². The molecule has 132 valence electrons. The van der Waals surface area contributed by atoms with E-state index in [4.69, 9.17) is 9.47 Å². The van der Waals surface area contributed by atoms with E-state index in [0.717, 1.165) is 12.0 Å². The lowest BCUT2D eigenvalue weighted by Crippen LogP contribution is -2.15. The number of carbonyl (C=O) groups excluding carboxylic acids is 3. The number of nitrogens with one attached hydrogen (secondary N) is 1. The molecule has 1 N–H and O–H groups in total. The number of rotatable bonds is 6. The maximum Gasteiger partial charge on any atom is 0.308 e. The number of carbonyl (C=O) groups is 3. The summed E-state index contributed by atoms with van der Waals surface area (Å²) in [5.41, 5.74) is 0.972. The Morgan fingerprint density at radius 2 is 1.58 bits per heavy atom. The predicted molar refractivity (Wildman–Crippen MR) is 91.2 cm³/mol. The third-order valence-corrected chi connectivity index (χ3v) is 3.31. The van der Waals surface area contributed by atoms with E-state index in [1.807, 2.05) is 6.92 Å². The van der Waals surface area contributed by atoms with Gasteiger partial charge in [0.2, 0.25) is 5.91 Å². The molecule has 1 aromatic rings. The van der Waals surface area contributed by atoms with Crippen LogP contribution < -0.4 is 14.8 Å². The molecule has 0 aliphatic carbocycles. The van der Waals surface area contributed by atoms with Gasteiger partial charge in [0, 0.05) is 26.3 Å². The molecule has 1 aromatic carbocycles. The third-order valence-electron chi connectivity index (χ3n) is 3.31. The Bertz CT molecular complexity index is 637. The molecule has 1 atom stereocenters. The maximum atomic E-state index is 11.6. The SMILES string of the molecule is CC(=O)Nc1c(OC(C)=O)ccc(C(C)CC(C)C)c1OC(C)=O. The van der Waals surface area contributed by atoms with Crippen molar-refractivity contribution < 1.29 is 23.9 Å². The fourth-order valence-corrected chi connectivity index (χ4v) is 2.59. The fourth-order valence-electron chi connectivity index (χ4n) is 2.59. The summed E-state index contributed by atoms with van der Waals surface area (Å²) in [7, 11) is 0. The predicted octanol–water partition coefficient (Wildman–Crippen LogP) is 3.65. The Kier molecular flexibility index (Phi) is 6.95. The molecule has 0 aromatic heterocycles. The number of hydrogen-bond donors (Lipinski definition) is 1. The van der Waals surface area contributed by atoms with Gasteiger partial charge in [-0.2, -0.15) is 0 Å². The van der Waals surface area contributed by atoms with Crippen molar-refractivity contribution in [3.05, 3.63) is 17.7 Å². The Hall–Kier alpha value is -2.37. The molecule has 0 radical (unpaired) electrons. The van der Waals surface area contributed by atoms with Gasteiger partial charge in [0.25, 0.3) is 0 Å². The van der Waals surface area contributed by atoms with Gasteiger partial charge in [-0.25, -0.2) is 0 Å². The number of benzene rings is 1. The van der Waals surface area contributed by atoms with Gasteiger partial charge in [-0.15, -0.1) is 0 Å². The first-order valence-corrected chi connectivity index (χ1v) is 7.93. The minimum absolute atomic E-state index is 0.0956. The van der Waals surface area contributed by atoms with Gasteiger partial charge in [-0.3, -0.25) is 14.4 Å². The van der Waals surface area contributed by atoms with E-state index < -0.39 is 11.9 Å². The molecule has 1 amide bonds. The first kappa shape index (κ1) is 19.7. The smallest absolute Gasteiger partial charge is 0.308 e. The molecule has 0 fully saturated rings. The topological polar surface area (TPSA) is 81.7 Å². The standard InChI is InChI=1S/C18H25NO5/c1-10(2)9-11(3)15-7-8-16(23-13(5)21)17(19-12(4)20)18(15)24-14(6)22/h7-8,10-11H,9H2,1-6H3,(H,19,20). The monoisotopic (exact) mass is 335 g/mol. The summed E-state index contributed by atoms with van der Waals surface area (Å²) in [6.45, 7) is 10.1. The lowest BCUT2D eigenvalue weighted by molar-refractivity contribution is -0.132. The van der Waals surface area contributed by atoms with Crippen molar-refractivity contribution in [3.8, 4) is 11.5 Å². The van der Waals surface area contributed by atoms with Crippen LogP contribution in [-0.2, 0) is 14.4 Å². The molecule has 0 spiro atoms. The van der Waals surface area contributed by atoms with E-state index in [0.29, 0.717) is 5.92 Å². The summed E-state index contributed by atoms with van der Waals surface area (Å²) in [6, 6.07) is 3.36. The number of hydrogen-bond acceptors (Lipinski definition) is 5. The molecule has 0 bridgehead atoms. The van der Waals surface area contributed by atoms with Crippen LogP contribution in [0.2, 0.25) is 0 Å². The molecule has 0 aliphatic rings. The normalized spacial score (nSPS) is 11.8. The van der Waals surface area contributed by atoms with Crippen molar-refractivity contribution in [2.24, 2.45) is 5.92 Å². The van der Waals surface area contributed by atoms with Crippen LogP contribution in [0.25, 0.3) is 0 Å². The summed E-state index contributed by atoms with van der Waals surface area (Å²) in [5.74, 6) is -0.483. The molecule has 0 heterocycles. The number of anilines is 1. The zero-order valence-corrected chi connectivity index (χ0v) is 15.1. The Morgan fingerprint density at radius 3 is 2.04 bits per heavy atom. The van der Waals surface area contributed by atoms with Crippen LogP contribution in [0.3, 0.4) is 0 Å². The molecule has 0 saturated heterocycles. The first-order chi connectivity index (χ1) is 11.1. The second kappa shape index (κ2) is 8.47. The second-order valence-electron chi connectivity index (χ2n) is 6.26. The molecule has 6 heteroatoms. The molecular formula is C18H25NO5. The Labute approximate surface area is 142 Å². The highest BCUT2D eigenvalue weighted by Crippen LogP contribution is 2.42. The largest absolute Gasteiger partial charge is 0.424 e. The van der Waals surface area contributed by atoms with Gasteiger partial charge in [-0.05, 0) is 24.3 Å². The molecule has 24 heavy (non-hydrogen) atoms. The highest BCUT2D eigenvalue weighted by Gasteiger charge is 2.23. The third kappa shape index (κ3) is 5.68. The average Bonchev–Trinajstić information content (AvgIpc) is 2.39. The van der Waals surface area contributed by atoms with Crippen molar-refractivity contribution in [2.75, 3.05) is 5.32 Å². The molecule has 1 rings (SSSR count). The van der Waals surface area contributed by atoms with Gasteiger partial charge in [-0.1, -0.05) is 26.8 Å². The van der Waals surface area contributed by atoms with E-state index in [-0.39, 0.29) is 29.0 Å². The zero-order chi connectivity index (χ0) is 18.4. The quantitative estimate of drug-likeness (QED) is 0.634. The molecule has 0 saturated carbocycles. The summed E-state index contributed by atoms with van der Waals surface area (Å²) >= 11 is 0. The van der Waals surface area contributed by atoms with E-state index >= 15 is 0 Å². The maximum absolute atomic E-state index is 11.6. The van der Waals surface area contributed by atoms with E-state index in [1.165, 1.54) is 20.8 Å². The van der Waals surface area contributed by atoms with Crippen LogP contribution in [0.4, 0.5) is 5.69 Å². The van der Waals surface area contributed by atoms with Crippen LogP contribution >= 0.6 is 0 Å². The fraction of sp³-hybridized carbons (Fsp3) is 0.500. The summed E-state index contributed by atoms with van der Waals surface area (Å²) in [5, 5.41) is 2.61. The highest BCUT2D eigenvalue weighted by molar-refractivity contribution is 5.94. The number of esters is 2. The van der Waals surface area contributed by atoms with Crippen molar-refractivity contribution in [1.29, 1.82) is 0 Å². The van der Waals surface area contributed by atoms with Gasteiger partial charge in [0.1, 0.15) is 5.69 Å². The van der Waals surface area contributed by atoms with Crippen molar-refractivity contribution in [1.82, 2.24) is 0 Å². The van der Waals surface area contributed by atoms with Crippen molar-refractivity contribution in [3.63, 3.8) is 0 Å². The van der Waals surface area contributed by atoms with Crippen molar-refractivity contribution in [2.45, 2.75) is 53.9 Å². The van der Waals surface area contributed by atoms with Gasteiger partial charge < -0.3 is 14.8 Å². The average molecular weight is 335 g/mol. The van der Waals surface area contributed by atoms with Crippen LogP contribution in [-0.4, -0.2) is 17.8 Å². The lowest BCUT2D eigenvalue weighted by atomic mass is 9.90. The Morgan fingerprint density at radius 1 is 1.00 bits per heavy atom. The van der Waals surface area contributed by atoms with Crippen LogP contribution in [0.1, 0.15) is 59.4 Å². The minimum Gasteiger partial charge on any atom is -0.424 e. The van der Waals surface area contributed by atoms with E-state index in [1.54, 1.807) is 12.1 Å².